The summed E-state index contributed by atoms with van der Waals surface area (Å²) in [5.74, 6) is -3.12. The highest BCUT2D eigenvalue weighted by molar-refractivity contribution is 7.99. The van der Waals surface area contributed by atoms with E-state index in [0.29, 0.717) is 5.25 Å². The molecule has 7 heteroatoms. The number of nitrogens with one attached hydrogen (secondary N) is 1. The molecule has 2 N–H and O–H groups in total. The summed E-state index contributed by atoms with van der Waals surface area (Å²) >= 11 is 1.81. The second-order valence-electron chi connectivity index (χ2n) is 4.43. The summed E-state index contributed by atoms with van der Waals surface area (Å²) in [5, 5.41) is 11.8. The van der Waals surface area contributed by atoms with Crippen LogP contribution in [0, 0.1) is 5.92 Å². The van der Waals surface area contributed by atoms with Crippen molar-refractivity contribution in [3.8, 4) is 0 Å². The van der Waals surface area contributed by atoms with E-state index in [1.54, 1.807) is 0 Å². The number of thioether (sulfide) groups is 1. The van der Waals surface area contributed by atoms with Crippen LogP contribution >= 0.6 is 11.8 Å². The van der Waals surface area contributed by atoms with Gasteiger partial charge in [0.25, 0.3) is 0 Å². The predicted octanol–water partition coefficient (Wildman–Crippen LogP) is 2.51. The Morgan fingerprint density at radius 3 is 2.67 bits per heavy atom. The van der Waals surface area contributed by atoms with Gasteiger partial charge in [-0.15, -0.1) is 0 Å². The highest BCUT2D eigenvalue weighted by atomic mass is 32.2. The third-order valence-corrected chi connectivity index (χ3v) is 4.32. The Morgan fingerprint density at radius 1 is 1.50 bits per heavy atom. The fourth-order valence-corrected chi connectivity index (χ4v) is 3.28. The van der Waals surface area contributed by atoms with Crippen molar-refractivity contribution in [2.45, 2.75) is 43.7 Å². The Balaban J connectivity index is 2.38. The van der Waals surface area contributed by atoms with Crippen LogP contribution in [-0.4, -0.2) is 40.8 Å². The molecule has 0 heterocycles. The molecule has 106 valence electrons. The third-order valence-electron chi connectivity index (χ3n) is 3.09. The van der Waals surface area contributed by atoms with Crippen LogP contribution in [0.4, 0.5) is 13.2 Å². The van der Waals surface area contributed by atoms with E-state index in [1.807, 2.05) is 11.8 Å². The number of carboxylic acid groups (broad SMARTS) is 1. The molecule has 3 nitrogen and oxygen atoms in total. The van der Waals surface area contributed by atoms with E-state index < -0.39 is 24.6 Å². The molecule has 1 aliphatic rings. The Kier molecular flexibility index (Phi) is 5.78. The van der Waals surface area contributed by atoms with E-state index in [0.717, 1.165) is 25.0 Å². The average Bonchev–Trinajstić information content (AvgIpc) is 2.64. The van der Waals surface area contributed by atoms with Gasteiger partial charge in [0.15, 0.2) is 5.92 Å². The molecule has 3 atom stereocenters. The quantitative estimate of drug-likeness (QED) is 0.787. The molecule has 3 unspecified atom stereocenters. The van der Waals surface area contributed by atoms with Crippen molar-refractivity contribution in [3.63, 3.8) is 0 Å². The molecule has 1 saturated carbocycles. The van der Waals surface area contributed by atoms with Gasteiger partial charge in [0, 0.05) is 17.8 Å². The lowest BCUT2D eigenvalue weighted by Crippen LogP contribution is -2.42. The van der Waals surface area contributed by atoms with Gasteiger partial charge in [-0.1, -0.05) is 6.92 Å². The lowest BCUT2D eigenvalue weighted by atomic mass is 10.1. The largest absolute Gasteiger partial charge is 0.481 e. The smallest absolute Gasteiger partial charge is 0.403 e. The van der Waals surface area contributed by atoms with Crippen molar-refractivity contribution < 1.29 is 23.1 Å². The maximum Gasteiger partial charge on any atom is 0.403 e. The molecule has 1 aliphatic carbocycles. The molecule has 1 rings (SSSR count). The van der Waals surface area contributed by atoms with Gasteiger partial charge in [-0.05, 0) is 25.0 Å². The maximum absolute atomic E-state index is 12.4. The molecule has 0 aliphatic heterocycles. The molecule has 0 saturated heterocycles. The van der Waals surface area contributed by atoms with Crippen LogP contribution in [0.15, 0.2) is 0 Å². The number of hydrogen-bond acceptors (Lipinski definition) is 3. The summed E-state index contributed by atoms with van der Waals surface area (Å²) in [5.41, 5.74) is 0. The summed E-state index contributed by atoms with van der Waals surface area (Å²) in [7, 11) is 0. The highest BCUT2D eigenvalue weighted by Gasteiger charge is 2.45. The van der Waals surface area contributed by atoms with Gasteiger partial charge in [-0.25, -0.2) is 0 Å². The zero-order valence-corrected chi connectivity index (χ0v) is 11.0. The number of rotatable bonds is 6. The van der Waals surface area contributed by atoms with E-state index in [4.69, 9.17) is 5.11 Å². The first-order valence-corrected chi connectivity index (χ1v) is 7.04. The highest BCUT2D eigenvalue weighted by Crippen LogP contribution is 2.31. The molecule has 0 spiro atoms. The summed E-state index contributed by atoms with van der Waals surface area (Å²) < 4.78 is 37.3. The first-order valence-electron chi connectivity index (χ1n) is 5.99. The number of carboxylic acids is 1. The normalized spacial score (nSPS) is 26.2. The molecule has 0 amide bonds. The van der Waals surface area contributed by atoms with Gasteiger partial charge in [-0.3, -0.25) is 4.79 Å². The summed E-state index contributed by atoms with van der Waals surface area (Å²) in [6.07, 6.45) is -2.06. The SMILES string of the molecule is CCSC1CCC(NCC(C(=O)O)C(F)(F)F)C1. The van der Waals surface area contributed by atoms with E-state index in [9.17, 15) is 18.0 Å². The van der Waals surface area contributed by atoms with E-state index in [-0.39, 0.29) is 6.04 Å². The Hall–Kier alpha value is -0.430. The molecular formula is C11H18F3NO2S. The van der Waals surface area contributed by atoms with Crippen LogP contribution in [0.1, 0.15) is 26.2 Å². The fourth-order valence-electron chi connectivity index (χ4n) is 2.14. The van der Waals surface area contributed by atoms with Gasteiger partial charge in [0.1, 0.15) is 0 Å². The molecule has 18 heavy (non-hydrogen) atoms. The minimum Gasteiger partial charge on any atom is -0.481 e. The standard InChI is InChI=1S/C11H18F3NO2S/c1-2-18-8-4-3-7(5-8)15-6-9(10(16)17)11(12,13)14/h7-9,15H,2-6H2,1H3,(H,16,17). The second kappa shape index (κ2) is 6.65. The van der Waals surface area contributed by atoms with Crippen LogP contribution < -0.4 is 5.32 Å². The van der Waals surface area contributed by atoms with Crippen LogP contribution in [-0.2, 0) is 4.79 Å². The summed E-state index contributed by atoms with van der Waals surface area (Å²) in [6, 6.07) is 0.0123. The van der Waals surface area contributed by atoms with Gasteiger partial charge < -0.3 is 10.4 Å². The Morgan fingerprint density at radius 2 is 2.17 bits per heavy atom. The number of aliphatic carboxylic acids is 1. The molecule has 0 radical (unpaired) electrons. The summed E-state index contributed by atoms with van der Waals surface area (Å²) in [6.45, 7) is 1.52. The van der Waals surface area contributed by atoms with Crippen LogP contribution in [0.25, 0.3) is 0 Å². The second-order valence-corrected chi connectivity index (χ2v) is 6.01. The molecular weight excluding hydrogens is 267 g/mol. The Bertz CT molecular complexity index is 286. The topological polar surface area (TPSA) is 49.3 Å². The zero-order valence-electron chi connectivity index (χ0n) is 10.2. The zero-order chi connectivity index (χ0) is 13.8. The van der Waals surface area contributed by atoms with Crippen LogP contribution in [0.2, 0.25) is 0 Å². The van der Waals surface area contributed by atoms with Crippen LogP contribution in [0.5, 0.6) is 0 Å². The monoisotopic (exact) mass is 285 g/mol. The van der Waals surface area contributed by atoms with Gasteiger partial charge in [0.05, 0.1) is 0 Å². The lowest BCUT2D eigenvalue weighted by Gasteiger charge is -2.19. The lowest BCUT2D eigenvalue weighted by molar-refractivity contribution is -0.192. The molecule has 1 fully saturated rings. The van der Waals surface area contributed by atoms with Crippen molar-refractivity contribution in [1.29, 1.82) is 0 Å². The number of hydrogen-bond donors (Lipinski definition) is 2. The van der Waals surface area contributed by atoms with E-state index in [1.165, 1.54) is 0 Å². The minimum atomic E-state index is -4.69. The molecule has 0 bridgehead atoms. The summed E-state index contributed by atoms with van der Waals surface area (Å²) in [4.78, 5) is 10.6. The molecule has 0 aromatic rings. The van der Waals surface area contributed by atoms with Gasteiger partial charge in [-0.2, -0.15) is 24.9 Å². The van der Waals surface area contributed by atoms with Crippen molar-refractivity contribution in [2.24, 2.45) is 5.92 Å². The Labute approximate surface area is 109 Å². The maximum atomic E-state index is 12.4. The van der Waals surface area contributed by atoms with Crippen LogP contribution in [0.3, 0.4) is 0 Å². The number of alkyl halides is 3. The van der Waals surface area contributed by atoms with E-state index in [2.05, 4.69) is 12.2 Å². The third kappa shape index (κ3) is 4.68. The first kappa shape index (κ1) is 15.6. The number of carbonyl (C=O) groups is 1. The van der Waals surface area contributed by atoms with Gasteiger partial charge >= 0.3 is 12.1 Å². The average molecular weight is 285 g/mol. The predicted molar refractivity (Wildman–Crippen MR) is 64.7 cm³/mol. The molecule has 0 aromatic carbocycles. The van der Waals surface area contributed by atoms with Crippen molar-refractivity contribution in [1.82, 2.24) is 5.32 Å². The van der Waals surface area contributed by atoms with Crippen molar-refractivity contribution >= 4 is 17.7 Å². The molecule has 0 aromatic heterocycles. The van der Waals surface area contributed by atoms with Crippen molar-refractivity contribution in [3.05, 3.63) is 0 Å². The first-order chi connectivity index (χ1) is 8.34. The fraction of sp³-hybridized carbons (Fsp3) is 0.909. The van der Waals surface area contributed by atoms with E-state index >= 15 is 0 Å². The number of halogens is 3. The van der Waals surface area contributed by atoms with Gasteiger partial charge in [0.2, 0.25) is 0 Å². The van der Waals surface area contributed by atoms with Crippen molar-refractivity contribution in [2.75, 3.05) is 12.3 Å². The minimum absolute atomic E-state index is 0.0123.